The standard InChI is InChI=1S/C13H12FN3O3/c14-10-3-1-9(2-4-10)7-15-13(20)11-5-6-16-17(11)8-12(18)19/h1-6H,7-8H2,(H,15,20)(H,18,19). The van der Waals surface area contributed by atoms with Crippen LogP contribution in [0.3, 0.4) is 0 Å². The highest BCUT2D eigenvalue weighted by atomic mass is 19.1. The van der Waals surface area contributed by atoms with Gasteiger partial charge in [-0.05, 0) is 23.8 Å². The molecule has 1 aromatic carbocycles. The average molecular weight is 277 g/mol. The van der Waals surface area contributed by atoms with E-state index in [0.29, 0.717) is 0 Å². The molecule has 0 radical (unpaired) electrons. The molecule has 2 N–H and O–H groups in total. The van der Waals surface area contributed by atoms with Gasteiger partial charge in [-0.15, -0.1) is 0 Å². The van der Waals surface area contributed by atoms with E-state index < -0.39 is 11.9 Å². The third-order valence-electron chi connectivity index (χ3n) is 2.60. The van der Waals surface area contributed by atoms with E-state index in [4.69, 9.17) is 5.11 Å². The third kappa shape index (κ3) is 3.41. The topological polar surface area (TPSA) is 84.2 Å². The Labute approximate surface area is 113 Å². The molecule has 1 aromatic heterocycles. The number of benzene rings is 1. The largest absolute Gasteiger partial charge is 0.480 e. The van der Waals surface area contributed by atoms with Gasteiger partial charge >= 0.3 is 5.97 Å². The predicted molar refractivity (Wildman–Crippen MR) is 67.4 cm³/mol. The van der Waals surface area contributed by atoms with Crippen LogP contribution < -0.4 is 5.32 Å². The Balaban J connectivity index is 2.00. The zero-order chi connectivity index (χ0) is 14.5. The van der Waals surface area contributed by atoms with Crippen LogP contribution in [0.4, 0.5) is 4.39 Å². The van der Waals surface area contributed by atoms with Crippen molar-refractivity contribution in [1.29, 1.82) is 0 Å². The van der Waals surface area contributed by atoms with Crippen LogP contribution in [0.25, 0.3) is 0 Å². The van der Waals surface area contributed by atoms with Gasteiger partial charge in [-0.1, -0.05) is 12.1 Å². The Morgan fingerprint density at radius 1 is 1.25 bits per heavy atom. The predicted octanol–water partition coefficient (Wildman–Crippen LogP) is 1.04. The summed E-state index contributed by atoms with van der Waals surface area (Å²) >= 11 is 0. The molecular weight excluding hydrogens is 265 g/mol. The number of nitrogens with zero attached hydrogens (tertiary/aromatic N) is 2. The number of carboxylic acid groups (broad SMARTS) is 1. The van der Waals surface area contributed by atoms with Crippen LogP contribution in [0, 0.1) is 5.82 Å². The number of hydrogen-bond donors (Lipinski definition) is 2. The normalized spacial score (nSPS) is 10.2. The molecule has 0 aliphatic heterocycles. The Kier molecular flexibility index (Phi) is 4.09. The molecule has 0 fully saturated rings. The second kappa shape index (κ2) is 5.96. The van der Waals surface area contributed by atoms with Crippen LogP contribution in [0.15, 0.2) is 36.5 Å². The molecule has 20 heavy (non-hydrogen) atoms. The summed E-state index contributed by atoms with van der Waals surface area (Å²) in [6.07, 6.45) is 1.36. The van der Waals surface area contributed by atoms with Gasteiger partial charge in [-0.2, -0.15) is 5.10 Å². The number of aromatic nitrogens is 2. The van der Waals surface area contributed by atoms with E-state index in [1.807, 2.05) is 0 Å². The quantitative estimate of drug-likeness (QED) is 0.855. The zero-order valence-electron chi connectivity index (χ0n) is 10.4. The maximum Gasteiger partial charge on any atom is 0.325 e. The lowest BCUT2D eigenvalue weighted by molar-refractivity contribution is -0.137. The number of carbonyl (C=O) groups is 2. The van der Waals surface area contributed by atoms with Gasteiger partial charge in [0.2, 0.25) is 0 Å². The Hall–Kier alpha value is -2.70. The molecule has 104 valence electrons. The fourth-order valence-electron chi connectivity index (χ4n) is 1.65. The summed E-state index contributed by atoms with van der Waals surface area (Å²) in [7, 11) is 0. The summed E-state index contributed by atoms with van der Waals surface area (Å²) in [5, 5.41) is 15.1. The number of carbonyl (C=O) groups excluding carboxylic acids is 1. The summed E-state index contributed by atoms with van der Waals surface area (Å²) in [5.74, 6) is -1.87. The van der Waals surface area contributed by atoms with Crippen molar-refractivity contribution in [3.63, 3.8) is 0 Å². The van der Waals surface area contributed by atoms with Crippen molar-refractivity contribution in [3.05, 3.63) is 53.6 Å². The fourth-order valence-corrected chi connectivity index (χ4v) is 1.65. The highest BCUT2D eigenvalue weighted by Crippen LogP contribution is 2.04. The van der Waals surface area contributed by atoms with E-state index in [1.54, 1.807) is 12.1 Å². The highest BCUT2D eigenvalue weighted by Gasteiger charge is 2.13. The number of rotatable bonds is 5. The summed E-state index contributed by atoms with van der Waals surface area (Å²) < 4.78 is 13.8. The molecule has 0 saturated carbocycles. The molecule has 0 unspecified atom stereocenters. The maximum atomic E-state index is 12.7. The first kappa shape index (κ1) is 13.7. The van der Waals surface area contributed by atoms with Crippen LogP contribution in [0.2, 0.25) is 0 Å². The van der Waals surface area contributed by atoms with Gasteiger partial charge in [0.15, 0.2) is 0 Å². The molecule has 0 saturated heterocycles. The minimum absolute atomic E-state index is 0.162. The summed E-state index contributed by atoms with van der Waals surface area (Å²) in [4.78, 5) is 22.5. The Bertz CT molecular complexity index is 622. The summed E-state index contributed by atoms with van der Waals surface area (Å²) in [5.41, 5.74) is 0.901. The first-order valence-electron chi connectivity index (χ1n) is 5.82. The van der Waals surface area contributed by atoms with Crippen molar-refractivity contribution in [3.8, 4) is 0 Å². The number of amides is 1. The molecule has 6 nitrogen and oxygen atoms in total. The molecule has 0 spiro atoms. The third-order valence-corrected chi connectivity index (χ3v) is 2.60. The van der Waals surface area contributed by atoms with E-state index >= 15 is 0 Å². The summed E-state index contributed by atoms with van der Waals surface area (Å²) in [6.45, 7) is -0.163. The van der Waals surface area contributed by atoms with Crippen molar-refractivity contribution in [2.45, 2.75) is 13.1 Å². The minimum atomic E-state index is -1.08. The van der Waals surface area contributed by atoms with Crippen LogP contribution >= 0.6 is 0 Å². The first-order chi connectivity index (χ1) is 9.56. The van der Waals surface area contributed by atoms with Gasteiger partial charge < -0.3 is 10.4 Å². The molecule has 2 rings (SSSR count). The van der Waals surface area contributed by atoms with Crippen molar-refractivity contribution in [2.75, 3.05) is 0 Å². The number of nitrogens with one attached hydrogen (secondary N) is 1. The van der Waals surface area contributed by atoms with Crippen molar-refractivity contribution < 1.29 is 19.1 Å². The van der Waals surface area contributed by atoms with E-state index in [1.165, 1.54) is 24.4 Å². The molecule has 0 aliphatic carbocycles. The maximum absolute atomic E-state index is 12.7. The average Bonchev–Trinajstić information content (AvgIpc) is 2.85. The van der Waals surface area contributed by atoms with E-state index in [-0.39, 0.29) is 24.6 Å². The molecule has 1 amide bonds. The van der Waals surface area contributed by atoms with E-state index in [0.717, 1.165) is 10.2 Å². The van der Waals surface area contributed by atoms with Crippen LogP contribution in [-0.2, 0) is 17.9 Å². The zero-order valence-corrected chi connectivity index (χ0v) is 10.4. The number of halogens is 1. The molecule has 0 bridgehead atoms. The molecule has 0 atom stereocenters. The molecule has 0 aliphatic rings. The van der Waals surface area contributed by atoms with Gasteiger partial charge in [0.1, 0.15) is 18.1 Å². The van der Waals surface area contributed by atoms with Gasteiger partial charge in [0, 0.05) is 12.7 Å². The smallest absolute Gasteiger partial charge is 0.325 e. The molecule has 7 heteroatoms. The monoisotopic (exact) mass is 277 g/mol. The fraction of sp³-hybridized carbons (Fsp3) is 0.154. The van der Waals surface area contributed by atoms with Gasteiger partial charge in [-0.25, -0.2) is 9.07 Å². The van der Waals surface area contributed by atoms with Crippen molar-refractivity contribution >= 4 is 11.9 Å². The number of carboxylic acids is 1. The number of hydrogen-bond acceptors (Lipinski definition) is 3. The van der Waals surface area contributed by atoms with Gasteiger partial charge in [0.05, 0.1) is 0 Å². The van der Waals surface area contributed by atoms with Crippen molar-refractivity contribution in [1.82, 2.24) is 15.1 Å². The van der Waals surface area contributed by atoms with Crippen LogP contribution in [0.1, 0.15) is 16.1 Å². The SMILES string of the molecule is O=C(O)Cn1nccc1C(=O)NCc1ccc(F)cc1. The highest BCUT2D eigenvalue weighted by molar-refractivity contribution is 5.92. The second-order valence-corrected chi connectivity index (χ2v) is 4.08. The lowest BCUT2D eigenvalue weighted by atomic mass is 10.2. The van der Waals surface area contributed by atoms with Gasteiger partial charge in [-0.3, -0.25) is 9.59 Å². The Morgan fingerprint density at radius 2 is 1.95 bits per heavy atom. The lowest BCUT2D eigenvalue weighted by Crippen LogP contribution is -2.27. The van der Waals surface area contributed by atoms with Gasteiger partial charge in [0.25, 0.3) is 5.91 Å². The van der Waals surface area contributed by atoms with E-state index in [2.05, 4.69) is 10.4 Å². The van der Waals surface area contributed by atoms with Crippen LogP contribution in [0.5, 0.6) is 0 Å². The Morgan fingerprint density at radius 3 is 2.60 bits per heavy atom. The lowest BCUT2D eigenvalue weighted by Gasteiger charge is -2.07. The van der Waals surface area contributed by atoms with Crippen molar-refractivity contribution in [2.24, 2.45) is 0 Å². The minimum Gasteiger partial charge on any atom is -0.480 e. The molecular formula is C13H12FN3O3. The molecule has 2 aromatic rings. The van der Waals surface area contributed by atoms with Crippen LogP contribution in [-0.4, -0.2) is 26.8 Å². The van der Waals surface area contributed by atoms with E-state index in [9.17, 15) is 14.0 Å². The first-order valence-corrected chi connectivity index (χ1v) is 5.82. The second-order valence-electron chi connectivity index (χ2n) is 4.08. The molecule has 1 heterocycles. The number of aliphatic carboxylic acids is 1. The summed E-state index contributed by atoms with van der Waals surface area (Å²) in [6, 6.07) is 7.16.